The average molecular weight is 500 g/mol. The van der Waals surface area contributed by atoms with Crippen LogP contribution >= 0.6 is 34.8 Å². The molecule has 0 saturated heterocycles. The van der Waals surface area contributed by atoms with E-state index < -0.39 is 10.0 Å². The molecule has 0 saturated carbocycles. The smallest absolute Gasteiger partial charge is 0.238 e. The summed E-state index contributed by atoms with van der Waals surface area (Å²) in [5.74, 6) is 0.709. The fourth-order valence-corrected chi connectivity index (χ4v) is 4.10. The van der Waals surface area contributed by atoms with E-state index in [9.17, 15) is 8.42 Å². The van der Waals surface area contributed by atoms with Gasteiger partial charge in [-0.3, -0.25) is 0 Å². The lowest BCUT2D eigenvalue weighted by Gasteiger charge is -2.14. The van der Waals surface area contributed by atoms with Crippen molar-refractivity contribution in [3.8, 4) is 5.75 Å². The lowest BCUT2D eigenvalue weighted by atomic mass is 10.1. The average Bonchev–Trinajstić information content (AvgIpc) is 2.71. The molecule has 0 aromatic heterocycles. The van der Waals surface area contributed by atoms with Crippen LogP contribution in [0.15, 0.2) is 65.6 Å². The van der Waals surface area contributed by atoms with Crippen molar-refractivity contribution in [3.05, 3.63) is 92.4 Å². The zero-order chi connectivity index (χ0) is 22.4. The van der Waals surface area contributed by atoms with Crippen molar-refractivity contribution in [2.75, 3.05) is 6.54 Å². The van der Waals surface area contributed by atoms with Gasteiger partial charge in [0.15, 0.2) is 0 Å². The summed E-state index contributed by atoms with van der Waals surface area (Å²) in [4.78, 5) is 0.103. The Hall–Kier alpha value is -1.80. The molecule has 3 rings (SSSR count). The van der Waals surface area contributed by atoms with Crippen LogP contribution in [-0.2, 0) is 29.6 Å². The minimum absolute atomic E-state index is 0.103. The second-order valence-corrected chi connectivity index (χ2v) is 9.73. The molecule has 5 nitrogen and oxygen atoms in total. The van der Waals surface area contributed by atoms with Gasteiger partial charge >= 0.3 is 0 Å². The Balaban J connectivity index is 1.57. The predicted molar refractivity (Wildman–Crippen MR) is 125 cm³/mol. The van der Waals surface area contributed by atoms with Gasteiger partial charge in [0, 0.05) is 32.7 Å². The Bertz CT molecular complexity index is 1150. The monoisotopic (exact) mass is 498 g/mol. The van der Waals surface area contributed by atoms with E-state index in [1.807, 2.05) is 18.2 Å². The number of rotatable bonds is 9. The van der Waals surface area contributed by atoms with Crippen molar-refractivity contribution in [1.29, 1.82) is 0 Å². The molecule has 0 radical (unpaired) electrons. The first-order valence-corrected chi connectivity index (χ1v) is 12.1. The van der Waals surface area contributed by atoms with E-state index in [1.165, 1.54) is 12.1 Å². The fourth-order valence-electron chi connectivity index (χ4n) is 2.92. The van der Waals surface area contributed by atoms with Crippen LogP contribution in [0.2, 0.25) is 15.1 Å². The summed E-state index contributed by atoms with van der Waals surface area (Å²) in [5, 5.41) is 10.2. The van der Waals surface area contributed by atoms with Crippen LogP contribution in [0.5, 0.6) is 5.75 Å². The number of ether oxygens (including phenoxy) is 1. The van der Waals surface area contributed by atoms with Crippen LogP contribution in [0.25, 0.3) is 0 Å². The lowest BCUT2D eigenvalue weighted by Crippen LogP contribution is -2.17. The van der Waals surface area contributed by atoms with Crippen molar-refractivity contribution < 1.29 is 13.2 Å². The maximum atomic E-state index is 11.3. The zero-order valence-electron chi connectivity index (χ0n) is 16.4. The molecule has 0 fully saturated rings. The first kappa shape index (κ1) is 23.9. The van der Waals surface area contributed by atoms with E-state index in [0.717, 1.165) is 23.1 Å². The first-order chi connectivity index (χ1) is 14.7. The van der Waals surface area contributed by atoms with Gasteiger partial charge in [-0.2, -0.15) is 0 Å². The molecule has 0 aliphatic heterocycles. The second-order valence-electron chi connectivity index (χ2n) is 6.89. The molecule has 3 N–H and O–H groups in total. The van der Waals surface area contributed by atoms with Crippen LogP contribution in [0, 0.1) is 0 Å². The molecular formula is C22H21Cl3N2O3S. The van der Waals surface area contributed by atoms with Crippen molar-refractivity contribution in [3.63, 3.8) is 0 Å². The summed E-state index contributed by atoms with van der Waals surface area (Å²) in [6.07, 6.45) is 0.724. The number of sulfonamides is 1. The summed E-state index contributed by atoms with van der Waals surface area (Å²) in [6.45, 7) is 1.55. The molecule has 0 aliphatic carbocycles. The molecule has 0 unspecified atom stereocenters. The third-order valence-electron chi connectivity index (χ3n) is 4.58. The van der Waals surface area contributed by atoms with Gasteiger partial charge in [0.25, 0.3) is 0 Å². The molecule has 0 heterocycles. The molecule has 0 bridgehead atoms. The third kappa shape index (κ3) is 7.10. The van der Waals surface area contributed by atoms with Gasteiger partial charge in [0.05, 0.1) is 4.90 Å². The zero-order valence-corrected chi connectivity index (χ0v) is 19.5. The van der Waals surface area contributed by atoms with Gasteiger partial charge in [0.1, 0.15) is 12.4 Å². The van der Waals surface area contributed by atoms with E-state index in [4.69, 9.17) is 44.7 Å². The molecule has 3 aromatic rings. The fraction of sp³-hybridized carbons (Fsp3) is 0.182. The normalized spacial score (nSPS) is 11.5. The van der Waals surface area contributed by atoms with E-state index >= 15 is 0 Å². The maximum Gasteiger partial charge on any atom is 0.238 e. The van der Waals surface area contributed by atoms with Gasteiger partial charge in [-0.1, -0.05) is 53.0 Å². The van der Waals surface area contributed by atoms with Crippen LogP contribution < -0.4 is 15.2 Å². The van der Waals surface area contributed by atoms with Crippen molar-refractivity contribution in [2.45, 2.75) is 24.5 Å². The Labute approximate surface area is 197 Å². The number of nitrogens with two attached hydrogens (primary N) is 1. The minimum atomic E-state index is -3.68. The van der Waals surface area contributed by atoms with Crippen molar-refractivity contribution >= 4 is 44.8 Å². The summed E-state index contributed by atoms with van der Waals surface area (Å²) in [5.41, 5.74) is 2.75. The topological polar surface area (TPSA) is 81.4 Å². The number of nitrogens with one attached hydrogen (secondary N) is 1. The van der Waals surface area contributed by atoms with Crippen LogP contribution in [-0.4, -0.2) is 15.0 Å². The van der Waals surface area contributed by atoms with E-state index in [1.54, 1.807) is 30.3 Å². The Kier molecular flexibility index (Phi) is 8.22. The van der Waals surface area contributed by atoms with Crippen LogP contribution in [0.3, 0.4) is 0 Å². The number of benzene rings is 3. The molecule has 0 amide bonds. The van der Waals surface area contributed by atoms with Gasteiger partial charge in [-0.25, -0.2) is 13.6 Å². The molecule has 31 heavy (non-hydrogen) atoms. The minimum Gasteiger partial charge on any atom is -0.489 e. The van der Waals surface area contributed by atoms with Gasteiger partial charge in [-0.05, 0) is 61.0 Å². The quantitative estimate of drug-likeness (QED) is 0.396. The largest absolute Gasteiger partial charge is 0.489 e. The van der Waals surface area contributed by atoms with Crippen molar-refractivity contribution in [2.24, 2.45) is 5.14 Å². The molecule has 0 spiro atoms. The van der Waals surface area contributed by atoms with E-state index in [2.05, 4.69) is 5.32 Å². The number of hydrogen-bond acceptors (Lipinski definition) is 4. The van der Waals surface area contributed by atoms with Gasteiger partial charge in [-0.15, -0.1) is 0 Å². The number of primary sulfonamides is 1. The highest BCUT2D eigenvalue weighted by molar-refractivity contribution is 7.89. The Morgan fingerprint density at radius 2 is 1.55 bits per heavy atom. The highest BCUT2D eigenvalue weighted by Gasteiger charge is 2.09. The van der Waals surface area contributed by atoms with Gasteiger partial charge < -0.3 is 10.1 Å². The lowest BCUT2D eigenvalue weighted by molar-refractivity contribution is 0.302. The summed E-state index contributed by atoms with van der Waals surface area (Å²) >= 11 is 18.3. The van der Waals surface area contributed by atoms with E-state index in [0.29, 0.717) is 40.5 Å². The highest BCUT2D eigenvalue weighted by atomic mass is 35.5. The predicted octanol–water partition coefficient (Wildman–Crippen LogP) is 5.21. The maximum absolute atomic E-state index is 11.3. The summed E-state index contributed by atoms with van der Waals surface area (Å²) in [6, 6.07) is 17.3. The van der Waals surface area contributed by atoms with Crippen LogP contribution in [0.1, 0.15) is 16.7 Å². The van der Waals surface area contributed by atoms with Crippen LogP contribution in [0.4, 0.5) is 0 Å². The highest BCUT2D eigenvalue weighted by Crippen LogP contribution is 2.26. The third-order valence-corrected chi connectivity index (χ3v) is 6.33. The van der Waals surface area contributed by atoms with Gasteiger partial charge in [0.2, 0.25) is 10.0 Å². The molecule has 3 aromatic carbocycles. The summed E-state index contributed by atoms with van der Waals surface area (Å²) < 4.78 is 28.6. The molecule has 9 heteroatoms. The van der Waals surface area contributed by atoms with E-state index in [-0.39, 0.29) is 4.90 Å². The Morgan fingerprint density at radius 1 is 0.871 bits per heavy atom. The first-order valence-electron chi connectivity index (χ1n) is 9.40. The number of halogens is 3. The molecule has 0 aliphatic rings. The SMILES string of the molecule is NS(=O)(=O)c1ccc(CCNCc2cc(Cl)ccc2OCc2ccc(Cl)cc2Cl)cc1. The molecular weight excluding hydrogens is 479 g/mol. The standard InChI is InChI=1S/C22H21Cl3N2O3S/c23-18-5-8-22(30-14-16-3-4-19(24)12-21(16)25)17(11-18)13-27-10-9-15-1-6-20(7-2-15)31(26,28)29/h1-8,11-12,27H,9-10,13-14H2,(H2,26,28,29). The van der Waals surface area contributed by atoms with Crippen molar-refractivity contribution in [1.82, 2.24) is 5.32 Å². The number of hydrogen-bond donors (Lipinski definition) is 2. The summed E-state index contributed by atoms with van der Waals surface area (Å²) in [7, 11) is -3.68. The molecule has 164 valence electrons. The second kappa shape index (κ2) is 10.7. The molecule has 0 atom stereocenters. The Morgan fingerprint density at radius 3 is 2.23 bits per heavy atom.